The molecular formula is C73H132O6. The minimum absolute atomic E-state index is 0.0745. The molecular weight excluding hydrogens is 973 g/mol. The summed E-state index contributed by atoms with van der Waals surface area (Å²) in [5.74, 6) is -0.865. The SMILES string of the molecule is CC/C=C\C/C=C\C/C=C\C/C=C\CCCCCCCCCCCCC(=O)OC(COC(=O)CCCCCCC/C=C\CCCCCC)COC(=O)CCCCCCCCCCCCCCCCCCCCCCCCCCC. The van der Waals surface area contributed by atoms with Gasteiger partial charge in [0.1, 0.15) is 13.2 Å². The van der Waals surface area contributed by atoms with E-state index in [9.17, 15) is 14.4 Å². The summed E-state index contributed by atoms with van der Waals surface area (Å²) in [6.45, 7) is 6.56. The van der Waals surface area contributed by atoms with Gasteiger partial charge in [-0.05, 0) is 83.5 Å². The molecule has 0 aliphatic carbocycles. The molecule has 0 saturated heterocycles. The van der Waals surface area contributed by atoms with E-state index in [1.807, 2.05) is 0 Å². The van der Waals surface area contributed by atoms with Gasteiger partial charge in [-0.3, -0.25) is 14.4 Å². The number of rotatable bonds is 64. The third-order valence-electron chi connectivity index (χ3n) is 15.5. The number of allylic oxidation sites excluding steroid dienone is 10. The van der Waals surface area contributed by atoms with Crippen molar-refractivity contribution in [2.45, 2.75) is 374 Å². The van der Waals surface area contributed by atoms with E-state index < -0.39 is 6.10 Å². The Balaban J connectivity index is 4.25. The molecule has 0 N–H and O–H groups in total. The maximum Gasteiger partial charge on any atom is 0.306 e. The average molecular weight is 1110 g/mol. The van der Waals surface area contributed by atoms with Gasteiger partial charge in [0.05, 0.1) is 0 Å². The van der Waals surface area contributed by atoms with Crippen molar-refractivity contribution >= 4 is 17.9 Å². The molecule has 0 aromatic heterocycles. The lowest BCUT2D eigenvalue weighted by Gasteiger charge is -2.18. The van der Waals surface area contributed by atoms with Crippen LogP contribution in [0.5, 0.6) is 0 Å². The van der Waals surface area contributed by atoms with Gasteiger partial charge in [-0.1, -0.05) is 326 Å². The first-order valence-electron chi connectivity index (χ1n) is 34.8. The number of unbranched alkanes of at least 4 members (excludes halogenated alkanes) is 43. The Labute approximate surface area is 491 Å². The van der Waals surface area contributed by atoms with Crippen LogP contribution in [0.2, 0.25) is 0 Å². The summed E-state index contributed by atoms with van der Waals surface area (Å²) < 4.78 is 17.0. The van der Waals surface area contributed by atoms with Gasteiger partial charge in [-0.2, -0.15) is 0 Å². The lowest BCUT2D eigenvalue weighted by molar-refractivity contribution is -0.167. The fourth-order valence-electron chi connectivity index (χ4n) is 10.3. The van der Waals surface area contributed by atoms with Crippen LogP contribution in [0.15, 0.2) is 60.8 Å². The van der Waals surface area contributed by atoms with Gasteiger partial charge in [-0.25, -0.2) is 0 Å². The van der Waals surface area contributed by atoms with E-state index >= 15 is 0 Å². The van der Waals surface area contributed by atoms with Crippen LogP contribution in [0.4, 0.5) is 0 Å². The number of hydrogen-bond acceptors (Lipinski definition) is 6. The molecule has 0 saturated carbocycles. The molecule has 1 unspecified atom stereocenters. The number of hydrogen-bond donors (Lipinski definition) is 0. The average Bonchev–Trinajstić information content (AvgIpc) is 3.45. The van der Waals surface area contributed by atoms with E-state index in [-0.39, 0.29) is 31.1 Å². The third-order valence-corrected chi connectivity index (χ3v) is 15.5. The standard InChI is InChI=1S/C73H132O6/c1-4-7-10-13-16-19-22-25-27-29-31-33-35-36-38-39-41-43-45-48-51-54-57-60-63-66-72(75)78-69-70(68-77-71(74)65-62-59-56-53-50-47-24-21-18-15-12-9-6-3)79-73(76)67-64-61-58-55-52-49-46-44-42-40-37-34-32-30-28-26-23-20-17-14-11-8-5-2/h8,11,17,20-21,24,26,28,32,34,70H,4-7,9-10,12-16,18-19,22-23,25,27,29-31,33,35-69H2,1-3H3/b11-8-,20-17-,24-21-,28-26-,34-32-. The number of ether oxygens (including phenoxy) is 3. The predicted molar refractivity (Wildman–Crippen MR) is 344 cm³/mol. The van der Waals surface area contributed by atoms with Crippen LogP contribution in [-0.2, 0) is 28.6 Å². The summed E-state index contributed by atoms with van der Waals surface area (Å²) in [6.07, 6.45) is 86.8. The summed E-state index contributed by atoms with van der Waals surface area (Å²) >= 11 is 0. The van der Waals surface area contributed by atoms with Gasteiger partial charge in [0.15, 0.2) is 6.10 Å². The van der Waals surface area contributed by atoms with E-state index in [1.165, 1.54) is 238 Å². The van der Waals surface area contributed by atoms with Crippen molar-refractivity contribution in [1.82, 2.24) is 0 Å². The largest absolute Gasteiger partial charge is 0.462 e. The smallest absolute Gasteiger partial charge is 0.306 e. The maximum atomic E-state index is 12.9. The van der Waals surface area contributed by atoms with E-state index in [0.29, 0.717) is 19.3 Å². The highest BCUT2D eigenvalue weighted by atomic mass is 16.6. The highest BCUT2D eigenvalue weighted by molar-refractivity contribution is 5.71. The van der Waals surface area contributed by atoms with Gasteiger partial charge < -0.3 is 14.2 Å². The summed E-state index contributed by atoms with van der Waals surface area (Å²) in [5.41, 5.74) is 0. The molecule has 1 atom stereocenters. The molecule has 0 aliphatic rings. The number of carbonyl (C=O) groups excluding carboxylic acids is 3. The molecule has 0 aromatic rings. The molecule has 0 spiro atoms. The highest BCUT2D eigenvalue weighted by Crippen LogP contribution is 2.18. The predicted octanol–water partition coefficient (Wildman–Crippen LogP) is 23.9. The summed E-state index contributed by atoms with van der Waals surface area (Å²) in [6, 6.07) is 0. The molecule has 0 rings (SSSR count). The number of carbonyl (C=O) groups is 3. The minimum Gasteiger partial charge on any atom is -0.462 e. The van der Waals surface area contributed by atoms with Crippen LogP contribution < -0.4 is 0 Å². The second-order valence-electron chi connectivity index (χ2n) is 23.4. The third kappa shape index (κ3) is 65.8. The molecule has 6 heteroatoms. The first-order chi connectivity index (χ1) is 39.0. The van der Waals surface area contributed by atoms with E-state index in [2.05, 4.69) is 81.5 Å². The van der Waals surface area contributed by atoms with Crippen molar-refractivity contribution in [3.63, 3.8) is 0 Å². The highest BCUT2D eigenvalue weighted by Gasteiger charge is 2.19. The van der Waals surface area contributed by atoms with Crippen molar-refractivity contribution in [3.05, 3.63) is 60.8 Å². The van der Waals surface area contributed by atoms with Crippen molar-refractivity contribution in [2.24, 2.45) is 0 Å². The topological polar surface area (TPSA) is 78.9 Å². The van der Waals surface area contributed by atoms with Crippen molar-refractivity contribution in [3.8, 4) is 0 Å². The molecule has 0 aromatic carbocycles. The Morgan fingerprint density at radius 1 is 0.266 bits per heavy atom. The van der Waals surface area contributed by atoms with Crippen LogP contribution in [0.3, 0.4) is 0 Å². The van der Waals surface area contributed by atoms with Gasteiger partial charge >= 0.3 is 17.9 Å². The molecule has 0 amide bonds. The Morgan fingerprint density at radius 2 is 0.494 bits per heavy atom. The Kier molecular flexibility index (Phi) is 65.1. The van der Waals surface area contributed by atoms with Gasteiger partial charge in [0.25, 0.3) is 0 Å². The molecule has 0 fully saturated rings. The van der Waals surface area contributed by atoms with Gasteiger partial charge in [0.2, 0.25) is 0 Å². The van der Waals surface area contributed by atoms with Crippen molar-refractivity contribution in [2.75, 3.05) is 13.2 Å². The lowest BCUT2D eigenvalue weighted by Crippen LogP contribution is -2.30. The maximum absolute atomic E-state index is 12.9. The molecule has 0 aliphatic heterocycles. The van der Waals surface area contributed by atoms with E-state index in [1.54, 1.807) is 0 Å². The summed E-state index contributed by atoms with van der Waals surface area (Å²) in [5, 5.41) is 0. The Hall–Kier alpha value is -2.89. The lowest BCUT2D eigenvalue weighted by atomic mass is 10.0. The zero-order chi connectivity index (χ0) is 57.1. The van der Waals surface area contributed by atoms with Crippen LogP contribution >= 0.6 is 0 Å². The first-order valence-corrected chi connectivity index (χ1v) is 34.8. The minimum atomic E-state index is -0.780. The fourth-order valence-corrected chi connectivity index (χ4v) is 10.3. The van der Waals surface area contributed by atoms with Gasteiger partial charge in [-0.15, -0.1) is 0 Å². The van der Waals surface area contributed by atoms with Crippen LogP contribution in [0.1, 0.15) is 367 Å². The van der Waals surface area contributed by atoms with E-state index in [4.69, 9.17) is 14.2 Å². The second kappa shape index (κ2) is 67.6. The first kappa shape index (κ1) is 76.1. The van der Waals surface area contributed by atoms with Crippen molar-refractivity contribution in [1.29, 1.82) is 0 Å². The van der Waals surface area contributed by atoms with Crippen molar-refractivity contribution < 1.29 is 28.6 Å². The Morgan fingerprint density at radius 3 is 0.797 bits per heavy atom. The normalized spacial score (nSPS) is 12.4. The van der Waals surface area contributed by atoms with E-state index in [0.717, 1.165) is 89.9 Å². The molecule has 0 radical (unpaired) electrons. The van der Waals surface area contributed by atoms with Gasteiger partial charge in [0, 0.05) is 19.3 Å². The summed E-state index contributed by atoms with van der Waals surface area (Å²) in [7, 11) is 0. The molecule has 0 heterocycles. The summed E-state index contributed by atoms with van der Waals surface area (Å²) in [4.78, 5) is 38.4. The second-order valence-corrected chi connectivity index (χ2v) is 23.4. The fraction of sp³-hybridized carbons (Fsp3) is 0.822. The zero-order valence-electron chi connectivity index (χ0n) is 52.9. The van der Waals surface area contributed by atoms with Crippen LogP contribution in [-0.4, -0.2) is 37.2 Å². The molecule has 0 bridgehead atoms. The van der Waals surface area contributed by atoms with Crippen LogP contribution in [0, 0.1) is 0 Å². The quantitative estimate of drug-likeness (QED) is 0.0261. The number of esters is 3. The molecule has 6 nitrogen and oxygen atoms in total. The monoisotopic (exact) mass is 1110 g/mol. The van der Waals surface area contributed by atoms with Crippen LogP contribution in [0.25, 0.3) is 0 Å². The molecule has 460 valence electrons. The Bertz CT molecular complexity index is 1410. The zero-order valence-corrected chi connectivity index (χ0v) is 52.9. The molecule has 79 heavy (non-hydrogen) atoms.